The van der Waals surface area contributed by atoms with Crippen LogP contribution in [0.2, 0.25) is 0 Å². The van der Waals surface area contributed by atoms with Crippen LogP contribution in [0.1, 0.15) is 28.0 Å². The lowest BCUT2D eigenvalue weighted by molar-refractivity contribution is -0.126. The monoisotopic (exact) mass is 594 g/mol. The molecule has 3 amide bonds. The van der Waals surface area contributed by atoms with Gasteiger partial charge in [0.05, 0.1) is 35.4 Å². The first-order chi connectivity index (χ1) is 19.6. The van der Waals surface area contributed by atoms with Gasteiger partial charge in [0.1, 0.15) is 0 Å². The van der Waals surface area contributed by atoms with E-state index in [1.807, 2.05) is 47.9 Å². The first-order valence-corrected chi connectivity index (χ1v) is 15.7. The summed E-state index contributed by atoms with van der Waals surface area (Å²) in [7, 11) is -3.51. The van der Waals surface area contributed by atoms with Gasteiger partial charge in [0.2, 0.25) is 21.8 Å². The summed E-state index contributed by atoms with van der Waals surface area (Å²) in [6.45, 7) is 1.35. The molecule has 41 heavy (non-hydrogen) atoms. The standard InChI is InChI=1S/C28H30N6O5S2/c1-41(38,39)34-11-9-21(16-34)25(36)30-15-24(35)33-27-32-23(17-40-27)28(18-31-26(37)22-13-29-14-22)10-5-8-20(12-28)19-6-3-2-4-7-19/h2-11,16-17,22,29H,12-15,18H2,1H3,(H,30,36)(H,31,37)(H,32,33,35). The number of nitrogens with one attached hydrogen (secondary N) is 4. The number of rotatable bonds is 10. The average Bonchev–Trinajstić information content (AvgIpc) is 3.61. The summed E-state index contributed by atoms with van der Waals surface area (Å²) in [4.78, 5) is 42.4. The molecule has 3 aromatic rings. The molecule has 1 unspecified atom stereocenters. The predicted octanol–water partition coefficient (Wildman–Crippen LogP) is 1.74. The third-order valence-corrected chi connectivity index (χ3v) is 8.83. The van der Waals surface area contributed by atoms with Gasteiger partial charge in [0.15, 0.2) is 5.13 Å². The van der Waals surface area contributed by atoms with Gasteiger partial charge in [0.25, 0.3) is 5.91 Å². The van der Waals surface area contributed by atoms with Gasteiger partial charge in [-0.15, -0.1) is 11.3 Å². The molecule has 11 nitrogen and oxygen atoms in total. The third-order valence-electron chi connectivity index (χ3n) is 7.08. The number of carbonyl (C=O) groups is 3. The third kappa shape index (κ3) is 6.64. The molecule has 1 saturated heterocycles. The highest BCUT2D eigenvalue weighted by atomic mass is 32.2. The second kappa shape index (κ2) is 11.8. The molecule has 1 aliphatic carbocycles. The first-order valence-electron chi connectivity index (χ1n) is 13.0. The number of benzene rings is 1. The van der Waals surface area contributed by atoms with Crippen LogP contribution in [-0.2, 0) is 25.0 Å². The largest absolute Gasteiger partial charge is 0.354 e. The number of allylic oxidation sites excluding steroid dienone is 3. The molecule has 2 aromatic heterocycles. The van der Waals surface area contributed by atoms with Crippen LogP contribution in [-0.4, -0.2) is 67.5 Å². The van der Waals surface area contributed by atoms with Gasteiger partial charge in [-0.25, -0.2) is 13.4 Å². The van der Waals surface area contributed by atoms with E-state index >= 15 is 0 Å². The van der Waals surface area contributed by atoms with Crippen LogP contribution in [0.25, 0.3) is 5.57 Å². The van der Waals surface area contributed by atoms with Crippen molar-refractivity contribution in [3.8, 4) is 0 Å². The van der Waals surface area contributed by atoms with E-state index in [4.69, 9.17) is 4.98 Å². The fraction of sp³-hybridized carbons (Fsp3) is 0.286. The molecule has 4 N–H and O–H groups in total. The van der Waals surface area contributed by atoms with E-state index < -0.39 is 27.3 Å². The highest BCUT2D eigenvalue weighted by molar-refractivity contribution is 7.89. The van der Waals surface area contributed by atoms with Crippen molar-refractivity contribution in [1.82, 2.24) is 24.9 Å². The molecule has 0 saturated carbocycles. The molecule has 5 rings (SSSR count). The summed E-state index contributed by atoms with van der Waals surface area (Å²) in [6, 6.07) is 11.4. The zero-order valence-corrected chi connectivity index (χ0v) is 23.9. The van der Waals surface area contributed by atoms with Gasteiger partial charge in [-0.3, -0.25) is 18.4 Å². The van der Waals surface area contributed by atoms with Crippen molar-refractivity contribution in [3.63, 3.8) is 0 Å². The topological polar surface area (TPSA) is 151 Å². The molecule has 1 aliphatic heterocycles. The highest BCUT2D eigenvalue weighted by Crippen LogP contribution is 2.40. The Morgan fingerprint density at radius 3 is 2.61 bits per heavy atom. The van der Waals surface area contributed by atoms with Crippen LogP contribution in [0.15, 0.2) is 72.4 Å². The molecule has 13 heteroatoms. The average molecular weight is 595 g/mol. The van der Waals surface area contributed by atoms with Crippen molar-refractivity contribution >= 4 is 49.8 Å². The van der Waals surface area contributed by atoms with E-state index in [2.05, 4.69) is 27.3 Å². The molecule has 0 radical (unpaired) electrons. The Kier molecular flexibility index (Phi) is 8.20. The Labute approximate surface area is 241 Å². The van der Waals surface area contributed by atoms with Crippen LogP contribution >= 0.6 is 11.3 Å². The zero-order chi connectivity index (χ0) is 29.0. The van der Waals surface area contributed by atoms with Crippen molar-refractivity contribution in [2.75, 3.05) is 37.8 Å². The minimum Gasteiger partial charge on any atom is -0.354 e. The minimum absolute atomic E-state index is 0.00119. The summed E-state index contributed by atoms with van der Waals surface area (Å²) >= 11 is 1.26. The summed E-state index contributed by atoms with van der Waals surface area (Å²) in [6.07, 6.45) is 10.2. The predicted molar refractivity (Wildman–Crippen MR) is 157 cm³/mol. The molecule has 214 valence electrons. The first kappa shape index (κ1) is 28.5. The van der Waals surface area contributed by atoms with Crippen LogP contribution in [0.3, 0.4) is 0 Å². The molecule has 0 spiro atoms. The summed E-state index contributed by atoms with van der Waals surface area (Å²) < 4.78 is 24.2. The molecule has 2 aliphatic rings. The maximum Gasteiger partial charge on any atom is 0.253 e. The number of carbonyl (C=O) groups excluding carboxylic acids is 3. The Bertz CT molecular complexity index is 1620. The van der Waals surface area contributed by atoms with Crippen LogP contribution < -0.4 is 21.3 Å². The van der Waals surface area contributed by atoms with E-state index in [-0.39, 0.29) is 23.9 Å². The lowest BCUT2D eigenvalue weighted by Crippen LogP contribution is -2.53. The fourth-order valence-electron chi connectivity index (χ4n) is 4.61. The van der Waals surface area contributed by atoms with Gasteiger partial charge < -0.3 is 21.3 Å². The van der Waals surface area contributed by atoms with Gasteiger partial charge in [-0.2, -0.15) is 0 Å². The van der Waals surface area contributed by atoms with Crippen molar-refractivity contribution < 1.29 is 22.8 Å². The Morgan fingerprint density at radius 2 is 1.93 bits per heavy atom. The van der Waals surface area contributed by atoms with Crippen LogP contribution in [0, 0.1) is 5.92 Å². The van der Waals surface area contributed by atoms with E-state index in [0.29, 0.717) is 36.9 Å². The summed E-state index contributed by atoms with van der Waals surface area (Å²) in [5.41, 5.74) is 2.41. The highest BCUT2D eigenvalue weighted by Gasteiger charge is 2.37. The Hall–Kier alpha value is -4.07. The molecule has 3 heterocycles. The number of amides is 3. The van der Waals surface area contributed by atoms with E-state index in [1.165, 1.54) is 29.8 Å². The van der Waals surface area contributed by atoms with Gasteiger partial charge in [-0.05, 0) is 23.6 Å². The second-order valence-electron chi connectivity index (χ2n) is 10.1. The molecule has 1 aromatic carbocycles. The van der Waals surface area contributed by atoms with E-state index in [9.17, 15) is 22.8 Å². The maximum absolute atomic E-state index is 12.7. The quantitative estimate of drug-likeness (QED) is 0.279. The lowest BCUT2D eigenvalue weighted by atomic mass is 9.74. The lowest BCUT2D eigenvalue weighted by Gasteiger charge is -2.34. The molecular formula is C28H30N6O5S2. The summed E-state index contributed by atoms with van der Waals surface area (Å²) in [5.74, 6) is -1.11. The SMILES string of the molecule is CS(=O)(=O)n1ccc(C(=O)NCC(=O)Nc2nc(C3(CNC(=O)C4CNC4)C=CC=C(c4ccccc4)C3)cs2)c1. The van der Waals surface area contributed by atoms with Crippen molar-refractivity contribution in [3.05, 3.63) is 89.2 Å². The van der Waals surface area contributed by atoms with Gasteiger partial charge in [-0.1, -0.05) is 48.6 Å². The van der Waals surface area contributed by atoms with Crippen molar-refractivity contribution in [2.24, 2.45) is 5.92 Å². The van der Waals surface area contributed by atoms with Crippen LogP contribution in [0.5, 0.6) is 0 Å². The van der Waals surface area contributed by atoms with Gasteiger partial charge >= 0.3 is 0 Å². The van der Waals surface area contributed by atoms with Crippen molar-refractivity contribution in [1.29, 1.82) is 0 Å². The van der Waals surface area contributed by atoms with Crippen LogP contribution in [0.4, 0.5) is 5.13 Å². The maximum atomic E-state index is 12.7. The Morgan fingerprint density at radius 1 is 1.15 bits per heavy atom. The van der Waals surface area contributed by atoms with E-state index in [1.54, 1.807) is 0 Å². The number of hydrogen-bond donors (Lipinski definition) is 4. The molecular weight excluding hydrogens is 564 g/mol. The number of aromatic nitrogens is 2. The second-order valence-corrected chi connectivity index (χ2v) is 12.8. The number of thiazole rings is 1. The Balaban J connectivity index is 1.26. The van der Waals surface area contributed by atoms with E-state index in [0.717, 1.165) is 21.4 Å². The van der Waals surface area contributed by atoms with Gasteiger partial charge in [0, 0.05) is 37.4 Å². The smallest absolute Gasteiger partial charge is 0.253 e. The van der Waals surface area contributed by atoms with Crippen molar-refractivity contribution in [2.45, 2.75) is 11.8 Å². The minimum atomic E-state index is -3.51. The summed E-state index contributed by atoms with van der Waals surface area (Å²) in [5, 5.41) is 13.7. The molecule has 0 bridgehead atoms. The fourth-order valence-corrected chi connectivity index (χ4v) is 6.03. The number of anilines is 1. The number of nitrogens with zero attached hydrogens (tertiary/aromatic N) is 2. The normalized spacial score (nSPS) is 18.7. The number of hydrogen-bond acceptors (Lipinski definition) is 8. The zero-order valence-electron chi connectivity index (χ0n) is 22.3. The molecule has 1 fully saturated rings. The molecule has 1 atom stereocenters.